The van der Waals surface area contributed by atoms with Crippen molar-refractivity contribution in [2.24, 2.45) is 4.99 Å². The van der Waals surface area contributed by atoms with Gasteiger partial charge in [0.05, 0.1) is 19.6 Å². The van der Waals surface area contributed by atoms with Crippen LogP contribution in [-0.4, -0.2) is 53.6 Å². The number of aliphatic imine (C=N–C) groups is 1. The number of aromatic amines is 1. The van der Waals surface area contributed by atoms with Gasteiger partial charge < -0.3 is 14.6 Å². The summed E-state index contributed by atoms with van der Waals surface area (Å²) in [5.41, 5.74) is 0.937. The SMILES string of the molecule is Cc1[nH]cnc1[N+]#CC(C)N=CN1CCOCC1. The largest absolute Gasteiger partial charge is 0.446 e. The highest BCUT2D eigenvalue weighted by atomic mass is 16.5. The maximum absolute atomic E-state index is 5.27. The lowest BCUT2D eigenvalue weighted by molar-refractivity contribution is 0.0699. The second-order valence-corrected chi connectivity index (χ2v) is 4.18. The summed E-state index contributed by atoms with van der Waals surface area (Å²) in [7, 11) is 0. The Morgan fingerprint density at radius 1 is 1.61 bits per heavy atom. The van der Waals surface area contributed by atoms with Crippen LogP contribution < -0.4 is 0 Å². The maximum atomic E-state index is 5.27. The summed E-state index contributed by atoms with van der Waals surface area (Å²) in [5.74, 6) is 0.670. The van der Waals surface area contributed by atoms with Crippen molar-refractivity contribution >= 4 is 12.2 Å². The van der Waals surface area contributed by atoms with Crippen molar-refractivity contribution < 1.29 is 4.74 Å². The van der Waals surface area contributed by atoms with E-state index in [0.29, 0.717) is 5.82 Å². The Hall–Kier alpha value is -1.87. The van der Waals surface area contributed by atoms with E-state index in [1.165, 1.54) is 0 Å². The molecule has 1 aliphatic heterocycles. The van der Waals surface area contributed by atoms with Gasteiger partial charge in [-0.2, -0.15) is 0 Å². The number of nitrogens with one attached hydrogen (secondary N) is 1. The number of ether oxygens (including phenoxy) is 1. The Morgan fingerprint density at radius 2 is 2.39 bits per heavy atom. The Kier molecular flexibility index (Phi) is 4.31. The highest BCUT2D eigenvalue weighted by Crippen LogP contribution is 2.11. The zero-order valence-electron chi connectivity index (χ0n) is 10.8. The average molecular weight is 248 g/mol. The minimum absolute atomic E-state index is 0.0797. The summed E-state index contributed by atoms with van der Waals surface area (Å²) in [6, 6.07) is 2.87. The zero-order valence-corrected chi connectivity index (χ0v) is 10.8. The van der Waals surface area contributed by atoms with Crippen molar-refractivity contribution in [2.75, 3.05) is 26.3 Å². The van der Waals surface area contributed by atoms with Gasteiger partial charge in [-0.25, -0.2) is 0 Å². The normalized spacial score (nSPS) is 17.6. The number of imidazole rings is 1. The second-order valence-electron chi connectivity index (χ2n) is 4.18. The van der Waals surface area contributed by atoms with E-state index in [1.54, 1.807) is 6.33 Å². The number of hydrogen-bond acceptors (Lipinski definition) is 3. The molecule has 1 aliphatic rings. The van der Waals surface area contributed by atoms with Gasteiger partial charge in [-0.3, -0.25) is 4.99 Å². The van der Waals surface area contributed by atoms with Crippen molar-refractivity contribution in [3.8, 4) is 6.07 Å². The molecule has 1 fully saturated rings. The van der Waals surface area contributed by atoms with Crippen LogP contribution in [0.3, 0.4) is 0 Å². The first-order chi connectivity index (χ1) is 8.75. The van der Waals surface area contributed by atoms with E-state index in [1.807, 2.05) is 20.2 Å². The van der Waals surface area contributed by atoms with E-state index in [4.69, 9.17) is 4.74 Å². The molecule has 0 saturated carbocycles. The molecule has 1 N–H and O–H groups in total. The van der Waals surface area contributed by atoms with E-state index in [9.17, 15) is 0 Å². The molecule has 1 unspecified atom stereocenters. The minimum Gasteiger partial charge on any atom is -0.378 e. The topological polar surface area (TPSA) is 57.9 Å². The van der Waals surface area contributed by atoms with E-state index < -0.39 is 0 Å². The van der Waals surface area contributed by atoms with Crippen molar-refractivity contribution in [2.45, 2.75) is 19.9 Å². The Morgan fingerprint density at radius 3 is 3.06 bits per heavy atom. The first-order valence-electron chi connectivity index (χ1n) is 6.07. The molecule has 0 spiro atoms. The lowest BCUT2D eigenvalue weighted by atomic mass is 10.4. The summed E-state index contributed by atoms with van der Waals surface area (Å²) < 4.78 is 5.27. The lowest BCUT2D eigenvalue weighted by Gasteiger charge is -2.24. The Labute approximate surface area is 107 Å². The van der Waals surface area contributed by atoms with Crippen LogP contribution >= 0.6 is 0 Å². The molecule has 1 atom stereocenters. The van der Waals surface area contributed by atoms with Crippen LogP contribution in [0.15, 0.2) is 11.3 Å². The molecule has 0 radical (unpaired) electrons. The minimum atomic E-state index is -0.0797. The van der Waals surface area contributed by atoms with E-state index in [-0.39, 0.29) is 6.04 Å². The van der Waals surface area contributed by atoms with Gasteiger partial charge in [-0.1, -0.05) is 0 Å². The molecular weight excluding hydrogens is 230 g/mol. The van der Waals surface area contributed by atoms with Crippen LogP contribution in [-0.2, 0) is 4.74 Å². The number of nitrogens with zero attached hydrogens (tertiary/aromatic N) is 4. The summed E-state index contributed by atoms with van der Waals surface area (Å²) in [5, 5.41) is 0. The smallest absolute Gasteiger partial charge is 0.378 e. The Balaban J connectivity index is 1.88. The van der Waals surface area contributed by atoms with Crippen molar-refractivity contribution in [3.63, 3.8) is 0 Å². The van der Waals surface area contributed by atoms with Gasteiger partial charge in [0.25, 0.3) is 0 Å². The summed E-state index contributed by atoms with van der Waals surface area (Å²) >= 11 is 0. The third-order valence-electron chi connectivity index (χ3n) is 2.66. The second kappa shape index (κ2) is 6.17. The van der Waals surface area contributed by atoms with Gasteiger partial charge >= 0.3 is 5.82 Å². The first-order valence-corrected chi connectivity index (χ1v) is 6.07. The lowest BCUT2D eigenvalue weighted by Crippen LogP contribution is -2.35. The first kappa shape index (κ1) is 12.6. The number of aryl methyl sites for hydroxylation is 1. The number of rotatable bonds is 2. The van der Waals surface area contributed by atoms with Gasteiger partial charge in [0.2, 0.25) is 6.33 Å². The van der Waals surface area contributed by atoms with Crippen molar-refractivity contribution in [3.05, 3.63) is 16.9 Å². The van der Waals surface area contributed by atoms with Crippen molar-refractivity contribution in [1.82, 2.24) is 14.9 Å². The molecule has 1 saturated heterocycles. The molecule has 0 aromatic carbocycles. The molecule has 6 heteroatoms. The van der Waals surface area contributed by atoms with Gasteiger partial charge in [0, 0.05) is 13.1 Å². The van der Waals surface area contributed by atoms with Crippen LogP contribution in [0.2, 0.25) is 0 Å². The fourth-order valence-electron chi connectivity index (χ4n) is 1.54. The molecule has 2 rings (SSSR count). The monoisotopic (exact) mass is 248 g/mol. The standard InChI is InChI=1S/C12H18N5O/c1-10(7-13-12-11(2)14-8-15-12)16-9-17-3-5-18-6-4-17/h8-10H,3-6H2,1-2H3,(H,14,15)/q+1. The molecule has 6 nitrogen and oxygen atoms in total. The highest BCUT2D eigenvalue weighted by Gasteiger charge is 2.10. The third kappa shape index (κ3) is 3.57. The molecule has 1 aromatic heterocycles. The zero-order chi connectivity index (χ0) is 12.8. The fourth-order valence-corrected chi connectivity index (χ4v) is 1.54. The predicted octanol–water partition coefficient (Wildman–Crippen LogP) is 1.43. The fraction of sp³-hybridized carbons (Fsp3) is 0.583. The van der Waals surface area contributed by atoms with Crippen LogP contribution in [0.4, 0.5) is 5.82 Å². The van der Waals surface area contributed by atoms with E-state index in [0.717, 1.165) is 32.0 Å². The molecule has 1 aromatic rings. The maximum Gasteiger partial charge on any atom is 0.446 e. The van der Waals surface area contributed by atoms with Crippen LogP contribution in [0.1, 0.15) is 12.6 Å². The molecule has 0 bridgehead atoms. The number of H-pyrrole nitrogens is 1. The highest BCUT2D eigenvalue weighted by molar-refractivity contribution is 5.56. The third-order valence-corrected chi connectivity index (χ3v) is 2.66. The van der Waals surface area contributed by atoms with Gasteiger partial charge in [0.1, 0.15) is 5.69 Å². The molecule has 96 valence electrons. The average Bonchev–Trinajstić information content (AvgIpc) is 2.81. The molecule has 2 heterocycles. The van der Waals surface area contributed by atoms with Gasteiger partial charge in [-0.05, 0) is 18.8 Å². The predicted molar refractivity (Wildman–Crippen MR) is 70.6 cm³/mol. The van der Waals surface area contributed by atoms with Crippen LogP contribution in [0.25, 0.3) is 4.85 Å². The summed E-state index contributed by atoms with van der Waals surface area (Å²) in [6.45, 7) is 7.20. The van der Waals surface area contributed by atoms with Gasteiger partial charge in [-0.15, -0.1) is 4.85 Å². The quantitative estimate of drug-likeness (QED) is 0.636. The molecular formula is C12H18N5O+. The number of aromatic nitrogens is 2. The summed E-state index contributed by atoms with van der Waals surface area (Å²) in [4.78, 5) is 17.7. The number of morpholine rings is 1. The van der Waals surface area contributed by atoms with E-state index >= 15 is 0 Å². The molecule has 0 aliphatic carbocycles. The van der Waals surface area contributed by atoms with Crippen molar-refractivity contribution in [1.29, 1.82) is 0 Å². The van der Waals surface area contributed by atoms with Gasteiger partial charge in [0.15, 0.2) is 12.1 Å². The van der Waals surface area contributed by atoms with Crippen LogP contribution in [0.5, 0.6) is 0 Å². The molecule has 18 heavy (non-hydrogen) atoms. The molecule has 0 amide bonds. The Bertz CT molecular complexity index is 464. The summed E-state index contributed by atoms with van der Waals surface area (Å²) in [6.07, 6.45) is 3.48. The van der Waals surface area contributed by atoms with Crippen LogP contribution in [0, 0.1) is 13.0 Å². The van der Waals surface area contributed by atoms with E-state index in [2.05, 4.69) is 30.8 Å². The number of hydrogen-bond donors (Lipinski definition) is 1.